The summed E-state index contributed by atoms with van der Waals surface area (Å²) in [5.74, 6) is 0.572. The van der Waals surface area contributed by atoms with Crippen LogP contribution in [0.5, 0.6) is 5.75 Å². The van der Waals surface area contributed by atoms with Gasteiger partial charge in [-0.1, -0.05) is 24.3 Å². The van der Waals surface area contributed by atoms with Crippen molar-refractivity contribution in [1.82, 2.24) is 4.90 Å². The van der Waals surface area contributed by atoms with Gasteiger partial charge in [-0.25, -0.2) is 0 Å². The molecule has 1 saturated heterocycles. The fraction of sp³-hybridized carbons (Fsp3) is 0.310. The van der Waals surface area contributed by atoms with Crippen LogP contribution < -0.4 is 15.8 Å². The lowest BCUT2D eigenvalue weighted by molar-refractivity contribution is -0.128. The monoisotopic (exact) mass is 484 g/mol. The van der Waals surface area contributed by atoms with E-state index < -0.39 is 6.10 Å². The standard InChI is InChI=1S/C29H32N4O3/c1-33-15-12-23(13-16-33)36-22-9-6-20(7-10-22)27(31)25-18-21(8-11-26(25)30)32-29(34)28-24-5-3-2-4-19(24)14-17-35-28/h2-11,18,23,28,31H,12-17,30H2,1H3,(H,32,34). The Morgan fingerprint density at radius 2 is 1.83 bits per heavy atom. The first-order chi connectivity index (χ1) is 17.5. The molecule has 3 aromatic rings. The van der Waals surface area contributed by atoms with E-state index in [1.165, 1.54) is 0 Å². The first-order valence-corrected chi connectivity index (χ1v) is 12.4. The maximum absolute atomic E-state index is 13.0. The normalized spacial score (nSPS) is 18.3. The molecule has 0 aromatic heterocycles. The molecule has 2 aliphatic heterocycles. The molecule has 0 saturated carbocycles. The number of likely N-dealkylation sites (tertiary alicyclic amines) is 1. The van der Waals surface area contributed by atoms with Crippen molar-refractivity contribution in [3.05, 3.63) is 89.0 Å². The minimum Gasteiger partial charge on any atom is -0.490 e. The number of nitrogens with one attached hydrogen (secondary N) is 2. The Bertz CT molecular complexity index is 1250. The Labute approximate surface area is 211 Å². The number of amides is 1. The number of piperidine rings is 1. The molecule has 3 aromatic carbocycles. The Balaban J connectivity index is 1.28. The predicted molar refractivity (Wildman–Crippen MR) is 142 cm³/mol. The smallest absolute Gasteiger partial charge is 0.258 e. The Morgan fingerprint density at radius 3 is 2.61 bits per heavy atom. The quantitative estimate of drug-likeness (QED) is 0.355. The van der Waals surface area contributed by atoms with Crippen LogP contribution in [0.15, 0.2) is 66.7 Å². The van der Waals surface area contributed by atoms with Gasteiger partial charge in [0.25, 0.3) is 5.91 Å². The molecule has 7 nitrogen and oxygen atoms in total. The van der Waals surface area contributed by atoms with E-state index in [1.54, 1.807) is 18.2 Å². The van der Waals surface area contributed by atoms with E-state index in [1.807, 2.05) is 48.5 Å². The molecule has 1 amide bonds. The number of nitrogens with zero attached hydrogens (tertiary/aromatic N) is 1. The van der Waals surface area contributed by atoms with Crippen LogP contribution in [0.1, 0.15) is 41.2 Å². The summed E-state index contributed by atoms with van der Waals surface area (Å²) in [5, 5.41) is 11.7. The average molecular weight is 485 g/mol. The highest BCUT2D eigenvalue weighted by Crippen LogP contribution is 2.29. The number of anilines is 2. The van der Waals surface area contributed by atoms with Gasteiger partial charge in [0.1, 0.15) is 11.9 Å². The van der Waals surface area contributed by atoms with Crippen molar-refractivity contribution >= 4 is 23.0 Å². The number of hydrogen-bond acceptors (Lipinski definition) is 6. The van der Waals surface area contributed by atoms with Gasteiger partial charge in [0.15, 0.2) is 6.10 Å². The summed E-state index contributed by atoms with van der Waals surface area (Å²) in [4.78, 5) is 15.4. The van der Waals surface area contributed by atoms with Crippen molar-refractivity contribution in [1.29, 1.82) is 5.41 Å². The summed E-state index contributed by atoms with van der Waals surface area (Å²) in [6.45, 7) is 2.59. The lowest BCUT2D eigenvalue weighted by Gasteiger charge is -2.29. The van der Waals surface area contributed by atoms with E-state index in [0.717, 1.165) is 54.8 Å². The van der Waals surface area contributed by atoms with Gasteiger partial charge in [0, 0.05) is 35.6 Å². The van der Waals surface area contributed by atoms with Crippen LogP contribution in [0.3, 0.4) is 0 Å². The van der Waals surface area contributed by atoms with Crippen LogP contribution in [0.25, 0.3) is 0 Å². The van der Waals surface area contributed by atoms with Gasteiger partial charge >= 0.3 is 0 Å². The number of benzene rings is 3. The molecule has 1 atom stereocenters. The van der Waals surface area contributed by atoms with Crippen LogP contribution in [0.4, 0.5) is 11.4 Å². The number of fused-ring (bicyclic) bond motifs is 1. The summed E-state index contributed by atoms with van der Waals surface area (Å²) in [5.41, 5.74) is 10.9. The highest BCUT2D eigenvalue weighted by Gasteiger charge is 2.27. The summed E-state index contributed by atoms with van der Waals surface area (Å²) < 4.78 is 11.9. The minimum atomic E-state index is -0.660. The molecule has 2 aliphatic rings. The van der Waals surface area contributed by atoms with Gasteiger partial charge in [-0.15, -0.1) is 0 Å². The highest BCUT2D eigenvalue weighted by atomic mass is 16.5. The molecule has 0 spiro atoms. The molecule has 0 bridgehead atoms. The number of nitrogens with two attached hydrogens (primary N) is 1. The maximum Gasteiger partial charge on any atom is 0.258 e. The van der Waals surface area contributed by atoms with Crippen molar-refractivity contribution < 1.29 is 14.3 Å². The SMILES string of the molecule is CN1CCC(Oc2ccc(C(=N)c3cc(NC(=O)C4OCCc5ccccc54)ccc3N)cc2)CC1. The molecular weight excluding hydrogens is 452 g/mol. The molecule has 36 heavy (non-hydrogen) atoms. The van der Waals surface area contributed by atoms with Gasteiger partial charge in [0.2, 0.25) is 0 Å². The van der Waals surface area contributed by atoms with Crippen molar-refractivity contribution in [2.45, 2.75) is 31.5 Å². The lowest BCUT2D eigenvalue weighted by atomic mass is 9.97. The van der Waals surface area contributed by atoms with E-state index in [2.05, 4.69) is 17.3 Å². The second-order valence-electron chi connectivity index (χ2n) is 9.51. The average Bonchev–Trinajstić information content (AvgIpc) is 2.91. The van der Waals surface area contributed by atoms with Crippen molar-refractivity contribution in [2.24, 2.45) is 0 Å². The van der Waals surface area contributed by atoms with Crippen LogP contribution in [0, 0.1) is 5.41 Å². The van der Waals surface area contributed by atoms with E-state index in [0.29, 0.717) is 23.5 Å². The molecule has 1 unspecified atom stereocenters. The highest BCUT2D eigenvalue weighted by molar-refractivity contribution is 6.14. The van der Waals surface area contributed by atoms with E-state index in [9.17, 15) is 4.79 Å². The topological polar surface area (TPSA) is 101 Å². The Morgan fingerprint density at radius 1 is 1.08 bits per heavy atom. The predicted octanol–water partition coefficient (Wildman–Crippen LogP) is 4.41. The maximum atomic E-state index is 13.0. The molecule has 0 aliphatic carbocycles. The zero-order valence-corrected chi connectivity index (χ0v) is 20.5. The molecule has 2 heterocycles. The second-order valence-corrected chi connectivity index (χ2v) is 9.51. The van der Waals surface area contributed by atoms with Crippen molar-refractivity contribution in [3.63, 3.8) is 0 Å². The van der Waals surface area contributed by atoms with E-state index in [-0.39, 0.29) is 17.7 Å². The van der Waals surface area contributed by atoms with Crippen molar-refractivity contribution in [3.8, 4) is 5.75 Å². The first kappa shape index (κ1) is 24.0. The first-order valence-electron chi connectivity index (χ1n) is 12.4. The van der Waals surface area contributed by atoms with Crippen LogP contribution >= 0.6 is 0 Å². The summed E-state index contributed by atoms with van der Waals surface area (Å²) in [6, 6.07) is 20.6. The van der Waals surface area contributed by atoms with Crippen LogP contribution in [0.2, 0.25) is 0 Å². The number of hydrogen-bond donors (Lipinski definition) is 3. The van der Waals surface area contributed by atoms with Gasteiger partial charge < -0.3 is 25.4 Å². The Hall–Kier alpha value is -3.68. The fourth-order valence-electron chi connectivity index (χ4n) is 4.82. The van der Waals surface area contributed by atoms with Gasteiger partial charge in [-0.3, -0.25) is 10.2 Å². The van der Waals surface area contributed by atoms with E-state index in [4.69, 9.17) is 20.6 Å². The van der Waals surface area contributed by atoms with Gasteiger partial charge in [0.05, 0.1) is 12.3 Å². The zero-order chi connectivity index (χ0) is 25.1. The van der Waals surface area contributed by atoms with Gasteiger partial charge in [-0.05, 0) is 79.9 Å². The number of carbonyl (C=O) groups excluding carboxylic acids is 1. The third-order valence-electron chi connectivity index (χ3n) is 6.93. The Kier molecular flexibility index (Phi) is 7.02. The zero-order valence-electron chi connectivity index (χ0n) is 20.5. The molecule has 0 radical (unpaired) electrons. The number of carbonyl (C=O) groups is 1. The summed E-state index contributed by atoms with van der Waals surface area (Å²) in [7, 11) is 2.13. The second kappa shape index (κ2) is 10.5. The molecule has 7 heteroatoms. The molecule has 186 valence electrons. The van der Waals surface area contributed by atoms with Crippen LogP contribution in [-0.4, -0.2) is 49.4 Å². The number of rotatable bonds is 6. The summed E-state index contributed by atoms with van der Waals surface area (Å²) in [6.07, 6.45) is 2.39. The lowest BCUT2D eigenvalue weighted by Crippen LogP contribution is -2.35. The van der Waals surface area contributed by atoms with Crippen LogP contribution in [-0.2, 0) is 16.0 Å². The molecule has 1 fully saturated rings. The minimum absolute atomic E-state index is 0.225. The van der Waals surface area contributed by atoms with Gasteiger partial charge in [-0.2, -0.15) is 0 Å². The molecule has 4 N–H and O–H groups in total. The molecular formula is C29H32N4O3. The molecule has 5 rings (SSSR count). The fourth-order valence-corrected chi connectivity index (χ4v) is 4.82. The number of nitrogen functional groups attached to an aromatic ring is 1. The van der Waals surface area contributed by atoms with Crippen molar-refractivity contribution in [2.75, 3.05) is 37.8 Å². The number of ether oxygens (including phenoxy) is 2. The summed E-state index contributed by atoms with van der Waals surface area (Å²) >= 11 is 0. The largest absolute Gasteiger partial charge is 0.490 e. The third kappa shape index (κ3) is 5.27. The third-order valence-corrected chi connectivity index (χ3v) is 6.93. The van der Waals surface area contributed by atoms with E-state index >= 15 is 0 Å².